The van der Waals surface area contributed by atoms with Crippen LogP contribution in [-0.4, -0.2) is 48.1 Å². The summed E-state index contributed by atoms with van der Waals surface area (Å²) < 4.78 is 26.4. The predicted molar refractivity (Wildman–Crippen MR) is 96.3 cm³/mol. The van der Waals surface area contributed by atoms with Gasteiger partial charge in [-0.1, -0.05) is 24.3 Å². The average Bonchev–Trinajstić information content (AvgIpc) is 2.61. The second-order valence-corrected chi connectivity index (χ2v) is 6.38. The van der Waals surface area contributed by atoms with Crippen molar-refractivity contribution in [2.75, 3.05) is 27.2 Å². The average molecular weight is 362 g/mol. The van der Waals surface area contributed by atoms with Crippen LogP contribution in [0, 0.1) is 11.6 Å². The van der Waals surface area contributed by atoms with E-state index in [0.29, 0.717) is 25.1 Å². The van der Waals surface area contributed by atoms with Gasteiger partial charge in [-0.25, -0.2) is 8.78 Å². The van der Waals surface area contributed by atoms with Gasteiger partial charge in [0.15, 0.2) is 0 Å². The zero-order valence-corrected chi connectivity index (χ0v) is 15.0. The molecule has 1 N–H and O–H groups in total. The van der Waals surface area contributed by atoms with Crippen LogP contribution in [0.2, 0.25) is 0 Å². The van der Waals surface area contributed by atoms with Gasteiger partial charge in [0.1, 0.15) is 17.7 Å². The van der Waals surface area contributed by atoms with Gasteiger partial charge in [0.2, 0.25) is 5.91 Å². The lowest BCUT2D eigenvalue weighted by molar-refractivity contribution is -0.137. The molecule has 1 atom stereocenters. The minimum Gasteiger partial charge on any atom is -0.396 e. The highest BCUT2D eigenvalue weighted by molar-refractivity contribution is 5.83. The Kier molecular flexibility index (Phi) is 7.24. The third-order valence-corrected chi connectivity index (χ3v) is 4.12. The van der Waals surface area contributed by atoms with Crippen LogP contribution in [0.4, 0.5) is 8.78 Å². The number of aliphatic hydroxyl groups is 1. The second-order valence-electron chi connectivity index (χ2n) is 6.38. The first kappa shape index (κ1) is 20.0. The summed E-state index contributed by atoms with van der Waals surface area (Å²) in [6, 6.07) is 11.3. The van der Waals surface area contributed by atoms with Crippen LogP contribution in [-0.2, 0) is 11.3 Å². The number of halogens is 2. The van der Waals surface area contributed by atoms with Gasteiger partial charge < -0.3 is 10.0 Å². The Bertz CT molecular complexity index is 703. The van der Waals surface area contributed by atoms with Crippen molar-refractivity contribution < 1.29 is 18.7 Å². The fourth-order valence-corrected chi connectivity index (χ4v) is 2.82. The van der Waals surface area contributed by atoms with E-state index in [-0.39, 0.29) is 24.1 Å². The lowest BCUT2D eigenvalue weighted by atomic mass is 10.0. The number of carbonyl (C=O) groups is 1. The second kappa shape index (κ2) is 9.40. The number of carbonyl (C=O) groups excluding carboxylic acids is 1. The van der Waals surface area contributed by atoms with Crippen molar-refractivity contribution in [1.82, 2.24) is 9.80 Å². The number of aliphatic hydroxyl groups excluding tert-OH is 1. The number of rotatable bonds is 8. The van der Waals surface area contributed by atoms with E-state index < -0.39 is 6.04 Å². The molecule has 4 nitrogen and oxygen atoms in total. The fourth-order valence-electron chi connectivity index (χ4n) is 2.82. The molecule has 0 spiro atoms. The van der Waals surface area contributed by atoms with Gasteiger partial charge in [-0.05, 0) is 55.9 Å². The number of hydrogen-bond acceptors (Lipinski definition) is 3. The van der Waals surface area contributed by atoms with E-state index >= 15 is 0 Å². The molecular formula is C20H24F2N2O2. The molecule has 6 heteroatoms. The van der Waals surface area contributed by atoms with Gasteiger partial charge >= 0.3 is 0 Å². The van der Waals surface area contributed by atoms with Crippen molar-refractivity contribution in [3.05, 3.63) is 71.3 Å². The molecule has 0 radical (unpaired) electrons. The molecule has 0 aliphatic rings. The van der Waals surface area contributed by atoms with Crippen LogP contribution in [0.25, 0.3) is 0 Å². The minimum absolute atomic E-state index is 0.0314. The summed E-state index contributed by atoms with van der Waals surface area (Å²) in [4.78, 5) is 16.6. The van der Waals surface area contributed by atoms with E-state index in [4.69, 9.17) is 5.11 Å². The maximum absolute atomic E-state index is 13.2. The number of amides is 1. The number of benzene rings is 2. The molecule has 1 amide bonds. The summed E-state index contributed by atoms with van der Waals surface area (Å²) in [7, 11) is 3.57. The first-order valence-electron chi connectivity index (χ1n) is 8.48. The Labute approximate surface area is 152 Å². The van der Waals surface area contributed by atoms with Gasteiger partial charge in [-0.3, -0.25) is 9.69 Å². The standard InChI is InChI=1S/C20H24F2N2O2/c1-23(2)19(16-6-10-18(22)11-7-16)20(26)24(12-3-13-25)14-15-4-8-17(21)9-5-15/h4-11,19,25H,3,12-14H2,1-2H3. The van der Waals surface area contributed by atoms with Crippen molar-refractivity contribution in [2.45, 2.75) is 19.0 Å². The van der Waals surface area contributed by atoms with Crippen molar-refractivity contribution in [2.24, 2.45) is 0 Å². The Morgan fingerprint density at radius 3 is 2.04 bits per heavy atom. The molecule has 2 rings (SSSR count). The maximum Gasteiger partial charge on any atom is 0.244 e. The van der Waals surface area contributed by atoms with E-state index in [1.54, 1.807) is 48.2 Å². The molecule has 0 aromatic heterocycles. The fraction of sp³-hybridized carbons (Fsp3) is 0.350. The van der Waals surface area contributed by atoms with E-state index in [1.165, 1.54) is 24.3 Å². The number of likely N-dealkylation sites (N-methyl/N-ethyl adjacent to an activating group) is 1. The van der Waals surface area contributed by atoms with Crippen LogP contribution in [0.3, 0.4) is 0 Å². The lowest BCUT2D eigenvalue weighted by Crippen LogP contribution is -2.41. The summed E-state index contributed by atoms with van der Waals surface area (Å²) in [5.74, 6) is -0.846. The highest BCUT2D eigenvalue weighted by Gasteiger charge is 2.27. The van der Waals surface area contributed by atoms with Gasteiger partial charge in [0, 0.05) is 19.7 Å². The molecule has 0 saturated heterocycles. The van der Waals surface area contributed by atoms with Crippen LogP contribution >= 0.6 is 0 Å². The molecule has 2 aromatic carbocycles. The minimum atomic E-state index is -0.574. The molecule has 0 heterocycles. The van der Waals surface area contributed by atoms with Crippen LogP contribution < -0.4 is 0 Å². The first-order chi connectivity index (χ1) is 12.4. The van der Waals surface area contributed by atoms with E-state index in [1.807, 2.05) is 0 Å². The van der Waals surface area contributed by atoms with Crippen molar-refractivity contribution in [3.63, 3.8) is 0 Å². The van der Waals surface area contributed by atoms with Gasteiger partial charge in [-0.15, -0.1) is 0 Å². The van der Waals surface area contributed by atoms with E-state index in [0.717, 1.165) is 5.56 Å². The zero-order valence-electron chi connectivity index (χ0n) is 15.0. The SMILES string of the molecule is CN(C)C(C(=O)N(CCCO)Cc1ccc(F)cc1)c1ccc(F)cc1. The summed E-state index contributed by atoms with van der Waals surface area (Å²) in [5.41, 5.74) is 1.49. The summed E-state index contributed by atoms with van der Waals surface area (Å²) >= 11 is 0. The highest BCUT2D eigenvalue weighted by atomic mass is 19.1. The van der Waals surface area contributed by atoms with Crippen molar-refractivity contribution in [3.8, 4) is 0 Å². The quantitative estimate of drug-likeness (QED) is 0.785. The highest BCUT2D eigenvalue weighted by Crippen LogP contribution is 2.23. The smallest absolute Gasteiger partial charge is 0.244 e. The molecule has 0 aliphatic carbocycles. The van der Waals surface area contributed by atoms with Gasteiger partial charge in [-0.2, -0.15) is 0 Å². The van der Waals surface area contributed by atoms with Crippen molar-refractivity contribution in [1.29, 1.82) is 0 Å². The van der Waals surface area contributed by atoms with Crippen molar-refractivity contribution >= 4 is 5.91 Å². The molecule has 0 fully saturated rings. The van der Waals surface area contributed by atoms with Gasteiger partial charge in [0.25, 0.3) is 0 Å². The molecule has 26 heavy (non-hydrogen) atoms. The lowest BCUT2D eigenvalue weighted by Gasteiger charge is -2.31. The predicted octanol–water partition coefficient (Wildman–Crippen LogP) is 2.98. The molecule has 1 unspecified atom stereocenters. The Hall–Kier alpha value is -2.31. The normalized spacial score (nSPS) is 12.2. The number of hydrogen-bond donors (Lipinski definition) is 1. The summed E-state index contributed by atoms with van der Waals surface area (Å²) in [5, 5.41) is 9.16. The Morgan fingerprint density at radius 1 is 1.00 bits per heavy atom. The molecule has 0 saturated carbocycles. The molecular weight excluding hydrogens is 338 g/mol. The monoisotopic (exact) mass is 362 g/mol. The topological polar surface area (TPSA) is 43.8 Å². The Morgan fingerprint density at radius 2 is 1.54 bits per heavy atom. The van der Waals surface area contributed by atoms with Gasteiger partial charge in [0.05, 0.1) is 0 Å². The third-order valence-electron chi connectivity index (χ3n) is 4.12. The largest absolute Gasteiger partial charge is 0.396 e. The van der Waals surface area contributed by atoms with Crippen LogP contribution in [0.5, 0.6) is 0 Å². The summed E-state index contributed by atoms with van der Waals surface area (Å²) in [6.07, 6.45) is 0.441. The first-order valence-corrected chi connectivity index (χ1v) is 8.48. The number of nitrogens with zero attached hydrogens (tertiary/aromatic N) is 2. The summed E-state index contributed by atoms with van der Waals surface area (Å²) in [6.45, 7) is 0.652. The molecule has 2 aromatic rings. The van der Waals surface area contributed by atoms with E-state index in [2.05, 4.69) is 0 Å². The molecule has 0 aliphatic heterocycles. The molecule has 0 bridgehead atoms. The van der Waals surface area contributed by atoms with Crippen LogP contribution in [0.1, 0.15) is 23.6 Å². The zero-order chi connectivity index (χ0) is 19.1. The Balaban J connectivity index is 2.26. The van der Waals surface area contributed by atoms with E-state index in [9.17, 15) is 13.6 Å². The maximum atomic E-state index is 13.2. The third kappa shape index (κ3) is 5.34. The van der Waals surface area contributed by atoms with Crippen LogP contribution in [0.15, 0.2) is 48.5 Å². The molecule has 140 valence electrons.